The fourth-order valence-electron chi connectivity index (χ4n) is 0.459. The standard InChI is InChI=1S/C6H13ClOSi/c1-2-3-4-8-5-6-9-7/h2-6H2,1H3. The van der Waals surface area contributed by atoms with Crippen LogP contribution >= 0.6 is 11.1 Å². The Labute approximate surface area is 64.3 Å². The monoisotopic (exact) mass is 164 g/mol. The highest BCUT2D eigenvalue weighted by molar-refractivity contribution is 6.93. The van der Waals surface area contributed by atoms with Gasteiger partial charge in [0.2, 0.25) is 0 Å². The lowest BCUT2D eigenvalue weighted by atomic mass is 10.4. The van der Waals surface area contributed by atoms with E-state index in [4.69, 9.17) is 15.8 Å². The molecule has 0 fully saturated rings. The van der Waals surface area contributed by atoms with E-state index in [2.05, 4.69) is 6.92 Å². The van der Waals surface area contributed by atoms with E-state index in [0.717, 1.165) is 19.3 Å². The molecule has 0 unspecified atom stereocenters. The molecule has 54 valence electrons. The first kappa shape index (κ1) is 9.47. The van der Waals surface area contributed by atoms with E-state index in [9.17, 15) is 0 Å². The average Bonchev–Trinajstić information content (AvgIpc) is 1.89. The molecule has 0 aromatic rings. The molecule has 0 saturated carbocycles. The van der Waals surface area contributed by atoms with Gasteiger partial charge in [0.25, 0.3) is 0 Å². The Morgan fingerprint density at radius 1 is 1.44 bits per heavy atom. The number of hydrogen-bond donors (Lipinski definition) is 0. The fraction of sp³-hybridized carbons (Fsp3) is 1.00. The van der Waals surface area contributed by atoms with E-state index in [1.807, 2.05) is 0 Å². The SMILES string of the molecule is CCCCOCC[Si]Cl. The van der Waals surface area contributed by atoms with Crippen LogP contribution in [0.15, 0.2) is 0 Å². The molecule has 0 saturated heterocycles. The van der Waals surface area contributed by atoms with Crippen molar-refractivity contribution in [2.24, 2.45) is 0 Å². The van der Waals surface area contributed by atoms with E-state index in [0.29, 0.717) is 8.83 Å². The number of hydrogen-bond acceptors (Lipinski definition) is 1. The van der Waals surface area contributed by atoms with Crippen LogP contribution in [0.3, 0.4) is 0 Å². The maximum Gasteiger partial charge on any atom is 0.174 e. The molecule has 0 spiro atoms. The Bertz CT molecular complexity index is 46.3. The van der Waals surface area contributed by atoms with Gasteiger partial charge in [0.05, 0.1) is 0 Å². The van der Waals surface area contributed by atoms with Crippen LogP contribution in [0.1, 0.15) is 19.8 Å². The predicted octanol–water partition coefficient (Wildman–Crippen LogP) is 2.08. The molecule has 2 radical (unpaired) electrons. The van der Waals surface area contributed by atoms with Crippen LogP contribution in [-0.4, -0.2) is 22.0 Å². The summed E-state index contributed by atoms with van der Waals surface area (Å²) < 4.78 is 5.24. The molecular weight excluding hydrogens is 152 g/mol. The lowest BCUT2D eigenvalue weighted by molar-refractivity contribution is 0.144. The van der Waals surface area contributed by atoms with Crippen LogP contribution in [0.25, 0.3) is 0 Å². The zero-order chi connectivity index (χ0) is 6.95. The summed E-state index contributed by atoms with van der Waals surface area (Å²) in [6.45, 7) is 3.90. The third kappa shape index (κ3) is 8.47. The molecule has 0 rings (SSSR count). The van der Waals surface area contributed by atoms with Gasteiger partial charge in [0, 0.05) is 13.2 Å². The summed E-state index contributed by atoms with van der Waals surface area (Å²) in [5.41, 5.74) is 0. The highest BCUT2D eigenvalue weighted by atomic mass is 35.6. The van der Waals surface area contributed by atoms with Crippen LogP contribution in [-0.2, 0) is 4.74 Å². The first-order valence-corrected chi connectivity index (χ1v) is 5.55. The zero-order valence-electron chi connectivity index (χ0n) is 5.82. The Hall–Kier alpha value is 0.467. The second-order valence-electron chi connectivity index (χ2n) is 1.85. The fourth-order valence-corrected chi connectivity index (χ4v) is 0.912. The number of ether oxygens (including phenoxy) is 1. The van der Waals surface area contributed by atoms with Gasteiger partial charge in [-0.05, 0) is 12.5 Å². The van der Waals surface area contributed by atoms with Crippen molar-refractivity contribution in [2.75, 3.05) is 13.2 Å². The molecule has 0 heterocycles. The van der Waals surface area contributed by atoms with Crippen molar-refractivity contribution in [3.63, 3.8) is 0 Å². The Morgan fingerprint density at radius 3 is 2.78 bits per heavy atom. The van der Waals surface area contributed by atoms with Crippen LogP contribution in [0.4, 0.5) is 0 Å². The van der Waals surface area contributed by atoms with Crippen LogP contribution in [0.5, 0.6) is 0 Å². The number of halogens is 1. The summed E-state index contributed by atoms with van der Waals surface area (Å²) >= 11 is 5.46. The van der Waals surface area contributed by atoms with Gasteiger partial charge >= 0.3 is 0 Å². The number of unbranched alkanes of at least 4 members (excludes halogenated alkanes) is 1. The maximum atomic E-state index is 5.46. The topological polar surface area (TPSA) is 9.23 Å². The van der Waals surface area contributed by atoms with Crippen molar-refractivity contribution < 1.29 is 4.74 Å². The minimum Gasteiger partial charge on any atom is -0.382 e. The minimum absolute atomic E-state index is 0.517. The highest BCUT2D eigenvalue weighted by Gasteiger charge is 1.86. The summed E-state index contributed by atoms with van der Waals surface area (Å²) in [4.78, 5) is 0. The van der Waals surface area contributed by atoms with Crippen LogP contribution < -0.4 is 0 Å². The van der Waals surface area contributed by atoms with E-state index < -0.39 is 0 Å². The van der Waals surface area contributed by atoms with Gasteiger partial charge in [0.1, 0.15) is 0 Å². The van der Waals surface area contributed by atoms with Gasteiger partial charge in [-0.25, -0.2) is 0 Å². The van der Waals surface area contributed by atoms with Crippen molar-refractivity contribution in [1.29, 1.82) is 0 Å². The summed E-state index contributed by atoms with van der Waals surface area (Å²) in [5, 5.41) is 0. The molecule has 0 N–H and O–H groups in total. The summed E-state index contributed by atoms with van der Waals surface area (Å²) in [6, 6.07) is 1.01. The minimum atomic E-state index is 0.517. The lowest BCUT2D eigenvalue weighted by Crippen LogP contribution is -1.96. The third-order valence-electron chi connectivity index (χ3n) is 0.983. The summed E-state index contributed by atoms with van der Waals surface area (Å²) in [5.74, 6) is 0. The van der Waals surface area contributed by atoms with E-state index in [1.54, 1.807) is 0 Å². The molecule has 3 heteroatoms. The first-order chi connectivity index (χ1) is 4.41. The van der Waals surface area contributed by atoms with Crippen molar-refractivity contribution >= 4 is 19.9 Å². The molecule has 0 aromatic heterocycles. The van der Waals surface area contributed by atoms with Gasteiger partial charge < -0.3 is 4.74 Å². The Kier molecular flexibility index (Phi) is 8.91. The normalized spacial score (nSPS) is 10.0. The Balaban J connectivity index is 2.60. The summed E-state index contributed by atoms with van der Waals surface area (Å²) in [6.07, 6.45) is 2.38. The maximum absolute atomic E-state index is 5.46. The molecule has 0 atom stereocenters. The van der Waals surface area contributed by atoms with E-state index >= 15 is 0 Å². The average molecular weight is 165 g/mol. The smallest absolute Gasteiger partial charge is 0.174 e. The molecular formula is C6H13ClOSi. The molecule has 0 aromatic carbocycles. The quantitative estimate of drug-likeness (QED) is 0.332. The van der Waals surface area contributed by atoms with E-state index in [1.165, 1.54) is 12.8 Å². The molecule has 0 bridgehead atoms. The van der Waals surface area contributed by atoms with Gasteiger partial charge in [-0.1, -0.05) is 13.3 Å². The van der Waals surface area contributed by atoms with Gasteiger partial charge in [-0.3, -0.25) is 0 Å². The molecule has 0 aliphatic carbocycles. The largest absolute Gasteiger partial charge is 0.382 e. The molecule has 9 heavy (non-hydrogen) atoms. The van der Waals surface area contributed by atoms with Gasteiger partial charge in [0.15, 0.2) is 8.83 Å². The zero-order valence-corrected chi connectivity index (χ0v) is 7.58. The molecule has 0 aliphatic rings. The van der Waals surface area contributed by atoms with Gasteiger partial charge in [-0.15, -0.1) is 0 Å². The van der Waals surface area contributed by atoms with Crippen molar-refractivity contribution in [2.45, 2.75) is 25.8 Å². The predicted molar refractivity (Wildman–Crippen MR) is 42.1 cm³/mol. The summed E-state index contributed by atoms with van der Waals surface area (Å²) in [7, 11) is 0.517. The molecule has 0 amide bonds. The Morgan fingerprint density at radius 2 is 2.22 bits per heavy atom. The van der Waals surface area contributed by atoms with Crippen molar-refractivity contribution in [3.8, 4) is 0 Å². The first-order valence-electron chi connectivity index (χ1n) is 3.33. The van der Waals surface area contributed by atoms with Crippen LogP contribution in [0.2, 0.25) is 6.04 Å². The van der Waals surface area contributed by atoms with Crippen molar-refractivity contribution in [1.82, 2.24) is 0 Å². The molecule has 1 nitrogen and oxygen atoms in total. The van der Waals surface area contributed by atoms with Crippen LogP contribution in [0, 0.1) is 0 Å². The highest BCUT2D eigenvalue weighted by Crippen LogP contribution is 1.90. The lowest BCUT2D eigenvalue weighted by Gasteiger charge is -1.98. The van der Waals surface area contributed by atoms with E-state index in [-0.39, 0.29) is 0 Å². The van der Waals surface area contributed by atoms with Gasteiger partial charge in [-0.2, -0.15) is 11.1 Å². The second kappa shape index (κ2) is 8.47. The third-order valence-corrected chi connectivity index (χ3v) is 1.94. The van der Waals surface area contributed by atoms with Crippen molar-refractivity contribution in [3.05, 3.63) is 0 Å². The second-order valence-corrected chi connectivity index (χ2v) is 3.42. The number of rotatable bonds is 6. The molecule has 0 aliphatic heterocycles.